The summed E-state index contributed by atoms with van der Waals surface area (Å²) in [6, 6.07) is 3.84. The summed E-state index contributed by atoms with van der Waals surface area (Å²) in [5.41, 5.74) is -0.221. The lowest BCUT2D eigenvalue weighted by Gasteiger charge is -2.05. The number of hydrogen-bond donors (Lipinski definition) is 0. The first kappa shape index (κ1) is 11.8. The van der Waals surface area contributed by atoms with E-state index in [9.17, 15) is 18.9 Å². The van der Waals surface area contributed by atoms with Crippen LogP contribution in [0.1, 0.15) is 0 Å². The van der Waals surface area contributed by atoms with E-state index in [1.807, 2.05) is 0 Å². The van der Waals surface area contributed by atoms with Gasteiger partial charge in [0, 0.05) is 0 Å². The molecule has 0 atom stereocenters. The molecule has 0 fully saturated rings. The maximum Gasteiger partial charge on any atom is 0.287 e. The first-order valence-corrected chi connectivity index (χ1v) is 4.65. The Morgan fingerprint density at radius 3 is 2.73 bits per heavy atom. The van der Waals surface area contributed by atoms with Crippen LogP contribution in [0.25, 0.3) is 0 Å². The second-order valence-electron chi connectivity index (χ2n) is 2.57. The van der Waals surface area contributed by atoms with Gasteiger partial charge in [-0.3, -0.25) is 10.1 Å². The van der Waals surface area contributed by atoms with E-state index in [0.29, 0.717) is 0 Å². The molecule has 4 nitrogen and oxygen atoms in total. The fourth-order valence-electron chi connectivity index (χ4n) is 0.881. The monoisotopic (exact) mass is 281 g/mol. The SMILES string of the molecule is O=[N+]([O-])c1cc(OCC(F)F)ccc1Br. The Morgan fingerprint density at radius 1 is 1.53 bits per heavy atom. The Morgan fingerprint density at radius 2 is 2.20 bits per heavy atom. The van der Waals surface area contributed by atoms with Crippen LogP contribution in [0.4, 0.5) is 14.5 Å². The first-order valence-electron chi connectivity index (χ1n) is 3.85. The fourth-order valence-corrected chi connectivity index (χ4v) is 1.27. The van der Waals surface area contributed by atoms with E-state index >= 15 is 0 Å². The molecule has 0 aliphatic carbocycles. The quantitative estimate of drug-likeness (QED) is 0.630. The van der Waals surface area contributed by atoms with Gasteiger partial charge in [0.25, 0.3) is 12.1 Å². The van der Waals surface area contributed by atoms with Gasteiger partial charge in [0.05, 0.1) is 15.5 Å². The number of nitro benzene ring substituents is 1. The molecule has 0 radical (unpaired) electrons. The van der Waals surface area contributed by atoms with Crippen molar-refractivity contribution >= 4 is 21.6 Å². The molecule has 0 unspecified atom stereocenters. The summed E-state index contributed by atoms with van der Waals surface area (Å²) < 4.78 is 28.5. The Balaban J connectivity index is 2.83. The molecule has 0 N–H and O–H groups in total. The normalized spacial score (nSPS) is 10.4. The highest BCUT2D eigenvalue weighted by Gasteiger charge is 2.13. The average Bonchev–Trinajstić information content (AvgIpc) is 2.16. The van der Waals surface area contributed by atoms with Crippen LogP contribution < -0.4 is 4.74 Å². The lowest BCUT2D eigenvalue weighted by Crippen LogP contribution is -2.07. The lowest BCUT2D eigenvalue weighted by atomic mass is 10.3. The number of halogens is 3. The highest BCUT2D eigenvalue weighted by molar-refractivity contribution is 9.10. The zero-order valence-corrected chi connectivity index (χ0v) is 8.91. The molecule has 0 amide bonds. The second kappa shape index (κ2) is 5.01. The maximum atomic E-state index is 11.8. The summed E-state index contributed by atoms with van der Waals surface area (Å²) in [7, 11) is 0. The van der Waals surface area contributed by atoms with Crippen LogP contribution in [0.3, 0.4) is 0 Å². The highest BCUT2D eigenvalue weighted by Crippen LogP contribution is 2.28. The molecule has 0 saturated heterocycles. The van der Waals surface area contributed by atoms with Crippen molar-refractivity contribution in [2.45, 2.75) is 6.43 Å². The fraction of sp³-hybridized carbons (Fsp3) is 0.250. The van der Waals surface area contributed by atoms with Gasteiger partial charge in [-0.2, -0.15) is 0 Å². The van der Waals surface area contributed by atoms with Gasteiger partial charge in [-0.25, -0.2) is 8.78 Å². The zero-order valence-electron chi connectivity index (χ0n) is 7.32. The van der Waals surface area contributed by atoms with Crippen molar-refractivity contribution < 1.29 is 18.4 Å². The number of hydrogen-bond acceptors (Lipinski definition) is 3. The molecule has 0 heterocycles. The van der Waals surface area contributed by atoms with Gasteiger partial charge >= 0.3 is 0 Å². The molecule has 1 aromatic rings. The Kier molecular flexibility index (Phi) is 3.96. The predicted molar refractivity (Wildman–Crippen MR) is 52.3 cm³/mol. The summed E-state index contributed by atoms with van der Waals surface area (Å²) in [5, 5.41) is 10.5. The Bertz CT molecular complexity index is 373. The highest BCUT2D eigenvalue weighted by atomic mass is 79.9. The molecule has 82 valence electrons. The molecule has 0 saturated carbocycles. The van der Waals surface area contributed by atoms with E-state index in [4.69, 9.17) is 0 Å². The second-order valence-corrected chi connectivity index (χ2v) is 3.43. The van der Waals surface area contributed by atoms with Crippen LogP contribution in [0.15, 0.2) is 22.7 Å². The molecule has 0 aromatic heterocycles. The average molecular weight is 282 g/mol. The van der Waals surface area contributed by atoms with E-state index in [-0.39, 0.29) is 15.9 Å². The van der Waals surface area contributed by atoms with Crippen LogP contribution >= 0.6 is 15.9 Å². The predicted octanol–water partition coefficient (Wildman–Crippen LogP) is 3.00. The van der Waals surface area contributed by atoms with E-state index in [1.165, 1.54) is 12.1 Å². The number of benzene rings is 1. The molecule has 0 aliphatic heterocycles. The van der Waals surface area contributed by atoms with Crippen molar-refractivity contribution in [1.29, 1.82) is 0 Å². The van der Waals surface area contributed by atoms with Crippen LogP contribution in [0.5, 0.6) is 5.75 Å². The smallest absolute Gasteiger partial charge is 0.287 e. The van der Waals surface area contributed by atoms with Gasteiger partial charge < -0.3 is 4.74 Å². The third-order valence-corrected chi connectivity index (χ3v) is 2.16. The lowest BCUT2D eigenvalue weighted by molar-refractivity contribution is -0.385. The number of rotatable bonds is 4. The third kappa shape index (κ3) is 3.43. The van der Waals surface area contributed by atoms with Crippen molar-refractivity contribution in [3.05, 3.63) is 32.8 Å². The number of nitro groups is 1. The van der Waals surface area contributed by atoms with Gasteiger partial charge in [-0.15, -0.1) is 0 Å². The van der Waals surface area contributed by atoms with E-state index < -0.39 is 18.0 Å². The molecule has 1 aromatic carbocycles. The van der Waals surface area contributed by atoms with Gasteiger partial charge in [0.2, 0.25) is 0 Å². The molecular weight excluding hydrogens is 276 g/mol. The van der Waals surface area contributed by atoms with Gasteiger partial charge in [0.1, 0.15) is 12.4 Å². The molecule has 1 rings (SSSR count). The molecule has 0 bridgehead atoms. The number of nitrogens with zero attached hydrogens (tertiary/aromatic N) is 1. The first-order chi connectivity index (χ1) is 7.00. The molecule has 7 heteroatoms. The number of alkyl halides is 2. The van der Waals surface area contributed by atoms with Crippen LogP contribution in [-0.4, -0.2) is 18.0 Å². The third-order valence-electron chi connectivity index (χ3n) is 1.49. The molecule has 0 aliphatic rings. The summed E-state index contributed by atoms with van der Waals surface area (Å²) in [6.45, 7) is -0.779. The van der Waals surface area contributed by atoms with Crippen molar-refractivity contribution in [2.24, 2.45) is 0 Å². The number of ether oxygens (including phenoxy) is 1. The van der Waals surface area contributed by atoms with Crippen molar-refractivity contribution in [2.75, 3.05) is 6.61 Å². The van der Waals surface area contributed by atoms with E-state index in [0.717, 1.165) is 6.07 Å². The summed E-state index contributed by atoms with van der Waals surface area (Å²) in [4.78, 5) is 9.86. The minimum absolute atomic E-state index is 0.0465. The Labute approximate surface area is 92.1 Å². The van der Waals surface area contributed by atoms with Gasteiger partial charge in [0.15, 0.2) is 0 Å². The van der Waals surface area contributed by atoms with E-state index in [2.05, 4.69) is 20.7 Å². The zero-order chi connectivity index (χ0) is 11.4. The summed E-state index contributed by atoms with van der Waals surface area (Å²) >= 11 is 2.97. The van der Waals surface area contributed by atoms with Crippen molar-refractivity contribution in [1.82, 2.24) is 0 Å². The largest absolute Gasteiger partial charge is 0.487 e. The standard InChI is InChI=1S/C8H6BrF2NO3/c9-6-2-1-5(15-4-8(10)11)3-7(6)12(13)14/h1-3,8H,4H2. The topological polar surface area (TPSA) is 52.4 Å². The Hall–Kier alpha value is -1.24. The molecule has 15 heavy (non-hydrogen) atoms. The minimum Gasteiger partial charge on any atom is -0.487 e. The van der Waals surface area contributed by atoms with E-state index in [1.54, 1.807) is 0 Å². The minimum atomic E-state index is -2.60. The summed E-state index contributed by atoms with van der Waals surface area (Å²) in [6.07, 6.45) is -2.60. The van der Waals surface area contributed by atoms with Crippen molar-refractivity contribution in [3.8, 4) is 5.75 Å². The van der Waals surface area contributed by atoms with Crippen LogP contribution in [0.2, 0.25) is 0 Å². The van der Waals surface area contributed by atoms with Gasteiger partial charge in [-0.05, 0) is 28.1 Å². The van der Waals surface area contributed by atoms with Gasteiger partial charge in [-0.1, -0.05) is 0 Å². The van der Waals surface area contributed by atoms with Crippen LogP contribution in [-0.2, 0) is 0 Å². The summed E-state index contributed by atoms with van der Waals surface area (Å²) in [5.74, 6) is 0.0465. The van der Waals surface area contributed by atoms with Crippen molar-refractivity contribution in [3.63, 3.8) is 0 Å². The van der Waals surface area contributed by atoms with Crippen LogP contribution in [0, 0.1) is 10.1 Å². The maximum absolute atomic E-state index is 11.8. The molecular formula is C8H6BrF2NO3. The molecule has 0 spiro atoms.